The molecule has 4 bridgehead atoms. The van der Waals surface area contributed by atoms with Crippen molar-refractivity contribution >= 4 is 26.7 Å². The summed E-state index contributed by atoms with van der Waals surface area (Å²) in [6.45, 7) is 1.30. The second kappa shape index (κ2) is 12.5. The summed E-state index contributed by atoms with van der Waals surface area (Å²) in [6.07, 6.45) is 8.99. The SMILES string of the molecule is O=c1ccc2c([C@@H](O)C[AsH]CCc3cccc(OCC45CC6CC(CC(C6)C4)C5)c3)ccc(OCc3ccccc3)c2[nH]1. The number of hydrogen-bond acceptors (Lipinski definition) is 4. The number of fused-ring (bicyclic) bond motifs is 1. The van der Waals surface area contributed by atoms with Gasteiger partial charge in [-0.1, -0.05) is 0 Å². The topological polar surface area (TPSA) is 71.6 Å². The zero-order chi connectivity index (χ0) is 29.2. The number of pyridine rings is 1. The molecule has 4 aromatic rings. The minimum atomic E-state index is -0.563. The summed E-state index contributed by atoms with van der Waals surface area (Å²) in [6, 6.07) is 25.8. The molecule has 0 spiro atoms. The Hall–Kier alpha value is -3.01. The van der Waals surface area contributed by atoms with Gasteiger partial charge in [0, 0.05) is 0 Å². The van der Waals surface area contributed by atoms with Gasteiger partial charge in [-0.3, -0.25) is 0 Å². The molecule has 3 aromatic carbocycles. The quantitative estimate of drug-likeness (QED) is 0.127. The van der Waals surface area contributed by atoms with Crippen LogP contribution in [0.5, 0.6) is 11.5 Å². The molecule has 43 heavy (non-hydrogen) atoms. The van der Waals surface area contributed by atoms with Crippen LogP contribution in [0.4, 0.5) is 0 Å². The Morgan fingerprint density at radius 2 is 1.60 bits per heavy atom. The normalized spacial score (nSPS) is 25.0. The molecule has 2 N–H and O–H groups in total. The molecule has 0 aliphatic heterocycles. The molecule has 1 unspecified atom stereocenters. The first kappa shape index (κ1) is 28.7. The molecular weight excluding hydrogens is 597 g/mol. The number of hydrogen-bond donors (Lipinski definition) is 2. The fourth-order valence-corrected chi connectivity index (χ4v) is 10.9. The number of benzene rings is 3. The number of aromatic amines is 1. The van der Waals surface area contributed by atoms with Crippen LogP contribution in [0.3, 0.4) is 0 Å². The number of aliphatic hydroxyl groups is 1. The van der Waals surface area contributed by atoms with E-state index in [1.165, 1.54) is 50.2 Å². The van der Waals surface area contributed by atoms with Gasteiger partial charge < -0.3 is 0 Å². The average Bonchev–Trinajstić information content (AvgIpc) is 3.01. The third-order valence-corrected chi connectivity index (χ3v) is 12.7. The Bertz CT molecular complexity index is 1580. The summed E-state index contributed by atoms with van der Waals surface area (Å²) < 4.78 is 12.5. The van der Waals surface area contributed by atoms with E-state index in [2.05, 4.69) is 29.2 Å². The molecule has 4 saturated carbocycles. The van der Waals surface area contributed by atoms with Crippen LogP contribution in [0.2, 0.25) is 10.4 Å². The summed E-state index contributed by atoms with van der Waals surface area (Å²) in [5.74, 6) is 4.49. The molecule has 5 nitrogen and oxygen atoms in total. The van der Waals surface area contributed by atoms with Gasteiger partial charge in [-0.15, -0.1) is 0 Å². The Morgan fingerprint density at radius 1 is 0.860 bits per heavy atom. The first-order valence-corrected chi connectivity index (χ1v) is 18.9. The van der Waals surface area contributed by atoms with Gasteiger partial charge in [0.25, 0.3) is 0 Å². The van der Waals surface area contributed by atoms with Crippen molar-refractivity contribution in [2.24, 2.45) is 23.2 Å². The van der Waals surface area contributed by atoms with Crippen molar-refractivity contribution in [3.8, 4) is 11.5 Å². The summed E-state index contributed by atoms with van der Waals surface area (Å²) in [5.41, 5.74) is 4.12. The van der Waals surface area contributed by atoms with Crippen LogP contribution in [0, 0.1) is 23.2 Å². The number of rotatable bonds is 12. The summed E-state index contributed by atoms with van der Waals surface area (Å²) >= 11 is -0.359. The number of H-pyrrole nitrogens is 1. The Labute approximate surface area is 260 Å². The van der Waals surface area contributed by atoms with Gasteiger partial charge >= 0.3 is 261 Å². The minimum absolute atomic E-state index is 0.179. The number of nitrogens with one attached hydrogen (secondary N) is 1. The van der Waals surface area contributed by atoms with Crippen molar-refractivity contribution in [1.29, 1.82) is 0 Å². The van der Waals surface area contributed by atoms with Crippen molar-refractivity contribution in [3.05, 3.63) is 106 Å². The molecule has 1 heterocycles. The molecule has 1 aromatic heterocycles. The van der Waals surface area contributed by atoms with Crippen molar-refractivity contribution in [2.45, 2.75) is 68.1 Å². The van der Waals surface area contributed by atoms with E-state index < -0.39 is 6.10 Å². The third-order valence-electron chi connectivity index (χ3n) is 10.0. The summed E-state index contributed by atoms with van der Waals surface area (Å²) in [4.78, 5) is 15.1. The van der Waals surface area contributed by atoms with Crippen LogP contribution in [0.15, 0.2) is 83.7 Å². The maximum atomic E-state index is 12.2. The standard InChI is InChI=1S/C37H42AsNO4/c40-33(31-9-11-34(36-32(31)10-12-35(41)39-36)42-23-26-5-2-1-3-6-26)22-38-14-13-25-7-4-8-30(18-25)43-24-37-19-27-15-28(20-37)17-29(16-27)21-37/h1-12,18,27-29,33,38,40H,13-17,19-24H2,(H,39,41)/t27?,28?,29?,33-,37?/m0/s1. The molecular formula is C37H42AsNO4. The van der Waals surface area contributed by atoms with Crippen LogP contribution in [-0.4, -0.2) is 32.4 Å². The summed E-state index contributed by atoms with van der Waals surface area (Å²) in [5, 5.41) is 13.9. The predicted molar refractivity (Wildman–Crippen MR) is 173 cm³/mol. The molecule has 4 aliphatic carbocycles. The van der Waals surface area contributed by atoms with Gasteiger partial charge in [-0.25, -0.2) is 0 Å². The first-order chi connectivity index (χ1) is 21.0. The van der Waals surface area contributed by atoms with E-state index in [-0.39, 0.29) is 21.3 Å². The summed E-state index contributed by atoms with van der Waals surface area (Å²) in [7, 11) is 0. The van der Waals surface area contributed by atoms with Crippen LogP contribution in [0.1, 0.15) is 61.3 Å². The van der Waals surface area contributed by atoms with Crippen molar-refractivity contribution in [1.82, 2.24) is 4.98 Å². The predicted octanol–water partition coefficient (Wildman–Crippen LogP) is 7.25. The van der Waals surface area contributed by atoms with Crippen molar-refractivity contribution in [3.63, 3.8) is 0 Å². The molecule has 6 heteroatoms. The van der Waals surface area contributed by atoms with E-state index in [1.807, 2.05) is 42.5 Å². The van der Waals surface area contributed by atoms with Gasteiger partial charge in [0.05, 0.1) is 0 Å². The van der Waals surface area contributed by atoms with E-state index in [9.17, 15) is 9.90 Å². The molecule has 8 rings (SSSR count). The maximum absolute atomic E-state index is 12.2. The second-order valence-corrected chi connectivity index (χ2v) is 16.3. The molecule has 4 fully saturated rings. The molecule has 0 amide bonds. The van der Waals surface area contributed by atoms with Crippen molar-refractivity contribution in [2.75, 3.05) is 6.61 Å². The van der Waals surface area contributed by atoms with E-state index in [0.717, 1.165) is 63.5 Å². The Morgan fingerprint density at radius 3 is 2.37 bits per heavy atom. The number of aromatic nitrogens is 1. The molecule has 0 saturated heterocycles. The third kappa shape index (κ3) is 6.59. The Kier molecular flexibility index (Phi) is 8.38. The van der Waals surface area contributed by atoms with Gasteiger partial charge in [0.2, 0.25) is 0 Å². The fourth-order valence-electron chi connectivity index (χ4n) is 8.47. The Balaban J connectivity index is 0.934. The van der Waals surface area contributed by atoms with E-state index in [0.29, 0.717) is 23.3 Å². The van der Waals surface area contributed by atoms with E-state index >= 15 is 0 Å². The molecule has 0 radical (unpaired) electrons. The molecule has 4 aliphatic rings. The van der Waals surface area contributed by atoms with E-state index in [1.54, 1.807) is 6.07 Å². The van der Waals surface area contributed by atoms with E-state index in [4.69, 9.17) is 9.47 Å². The number of aryl methyl sites for hydroxylation is 1. The van der Waals surface area contributed by atoms with Gasteiger partial charge in [-0.2, -0.15) is 0 Å². The number of ether oxygens (including phenoxy) is 2. The van der Waals surface area contributed by atoms with Crippen LogP contribution in [0.25, 0.3) is 10.9 Å². The average molecular weight is 640 g/mol. The zero-order valence-corrected chi connectivity index (χ0v) is 26.9. The van der Waals surface area contributed by atoms with Gasteiger partial charge in [-0.05, 0) is 0 Å². The number of aliphatic hydroxyl groups excluding tert-OH is 1. The van der Waals surface area contributed by atoms with Crippen LogP contribution in [-0.2, 0) is 13.0 Å². The molecule has 2 atom stereocenters. The fraction of sp³-hybridized carbons (Fsp3) is 0.432. The monoisotopic (exact) mass is 639 g/mol. The van der Waals surface area contributed by atoms with Gasteiger partial charge in [0.15, 0.2) is 0 Å². The van der Waals surface area contributed by atoms with Gasteiger partial charge in [0.1, 0.15) is 0 Å². The molecule has 224 valence electrons. The van der Waals surface area contributed by atoms with Crippen LogP contribution < -0.4 is 15.0 Å². The van der Waals surface area contributed by atoms with Crippen molar-refractivity contribution < 1.29 is 14.6 Å². The van der Waals surface area contributed by atoms with Crippen LogP contribution >= 0.6 is 0 Å². The first-order valence-electron chi connectivity index (χ1n) is 16.0. The second-order valence-electron chi connectivity index (χ2n) is 13.4. The zero-order valence-electron chi connectivity index (χ0n) is 24.8.